The Morgan fingerprint density at radius 1 is 1.17 bits per heavy atom. The van der Waals surface area contributed by atoms with E-state index in [4.69, 9.17) is 0 Å². The molecular formula is C19H19BrFNO2. The second kappa shape index (κ2) is 7.45. The molecular weight excluding hydrogens is 373 g/mol. The highest BCUT2D eigenvalue weighted by Gasteiger charge is 2.29. The summed E-state index contributed by atoms with van der Waals surface area (Å²) in [5, 5.41) is 10.5. The first-order chi connectivity index (χ1) is 11.6. The molecule has 2 aromatic rings. The highest BCUT2D eigenvalue weighted by Crippen LogP contribution is 2.31. The highest BCUT2D eigenvalue weighted by atomic mass is 79.9. The van der Waals surface area contributed by atoms with Crippen LogP contribution < -0.4 is 0 Å². The number of aliphatic hydroxyl groups excluding tert-OH is 1. The number of rotatable bonds is 3. The van der Waals surface area contributed by atoms with Crippen molar-refractivity contribution in [1.29, 1.82) is 0 Å². The molecule has 1 aliphatic rings. The lowest BCUT2D eigenvalue weighted by Gasteiger charge is -2.34. The SMILES string of the molecule is O=C(c1cc(F)ccc1Br)N1CCC(C(O)c2ccccc2)CC1. The van der Waals surface area contributed by atoms with Gasteiger partial charge in [-0.3, -0.25) is 4.79 Å². The number of benzene rings is 2. The van der Waals surface area contributed by atoms with E-state index in [0.29, 0.717) is 23.1 Å². The van der Waals surface area contributed by atoms with Gasteiger partial charge in [0.25, 0.3) is 5.91 Å². The minimum Gasteiger partial charge on any atom is -0.388 e. The van der Waals surface area contributed by atoms with Gasteiger partial charge in [0, 0.05) is 17.6 Å². The normalized spacial score (nSPS) is 16.9. The highest BCUT2D eigenvalue weighted by molar-refractivity contribution is 9.10. The van der Waals surface area contributed by atoms with Crippen molar-refractivity contribution in [3.8, 4) is 0 Å². The van der Waals surface area contributed by atoms with Crippen molar-refractivity contribution < 1.29 is 14.3 Å². The second-order valence-electron chi connectivity index (χ2n) is 6.11. The van der Waals surface area contributed by atoms with Gasteiger partial charge in [-0.1, -0.05) is 30.3 Å². The molecule has 0 radical (unpaired) electrons. The number of hydrogen-bond donors (Lipinski definition) is 1. The summed E-state index contributed by atoms with van der Waals surface area (Å²) in [6.45, 7) is 1.13. The van der Waals surface area contributed by atoms with Crippen molar-refractivity contribution in [3.05, 3.63) is 69.9 Å². The molecule has 1 saturated heterocycles. The van der Waals surface area contributed by atoms with Crippen LogP contribution in [0.25, 0.3) is 0 Å². The van der Waals surface area contributed by atoms with Crippen molar-refractivity contribution in [2.45, 2.75) is 18.9 Å². The van der Waals surface area contributed by atoms with Crippen LogP contribution in [0.5, 0.6) is 0 Å². The van der Waals surface area contributed by atoms with Crippen LogP contribution in [0.4, 0.5) is 4.39 Å². The molecule has 3 rings (SSSR count). The average molecular weight is 392 g/mol. The van der Waals surface area contributed by atoms with Crippen LogP contribution in [-0.4, -0.2) is 29.0 Å². The van der Waals surface area contributed by atoms with E-state index in [1.165, 1.54) is 12.1 Å². The summed E-state index contributed by atoms with van der Waals surface area (Å²) in [6.07, 6.45) is 0.952. The third-order valence-electron chi connectivity index (χ3n) is 4.57. The molecule has 0 aliphatic carbocycles. The van der Waals surface area contributed by atoms with Crippen LogP contribution in [-0.2, 0) is 0 Å². The Bertz CT molecular complexity index is 715. The fourth-order valence-electron chi connectivity index (χ4n) is 3.17. The zero-order valence-corrected chi connectivity index (χ0v) is 14.7. The van der Waals surface area contributed by atoms with Crippen molar-refractivity contribution >= 4 is 21.8 Å². The lowest BCUT2D eigenvalue weighted by molar-refractivity contribution is 0.0461. The molecule has 1 heterocycles. The van der Waals surface area contributed by atoms with Gasteiger partial charge in [0.15, 0.2) is 0 Å². The summed E-state index contributed by atoms with van der Waals surface area (Å²) >= 11 is 3.31. The van der Waals surface area contributed by atoms with E-state index in [2.05, 4.69) is 15.9 Å². The Morgan fingerprint density at radius 2 is 1.83 bits per heavy atom. The summed E-state index contributed by atoms with van der Waals surface area (Å²) in [4.78, 5) is 14.3. The lowest BCUT2D eigenvalue weighted by Crippen LogP contribution is -2.40. The van der Waals surface area contributed by atoms with Gasteiger partial charge in [0.2, 0.25) is 0 Å². The van der Waals surface area contributed by atoms with Crippen molar-refractivity contribution in [2.24, 2.45) is 5.92 Å². The van der Waals surface area contributed by atoms with E-state index in [-0.39, 0.29) is 11.8 Å². The number of nitrogens with zero attached hydrogens (tertiary/aromatic N) is 1. The average Bonchev–Trinajstić information content (AvgIpc) is 2.63. The van der Waals surface area contributed by atoms with Crippen LogP contribution in [0.1, 0.15) is 34.9 Å². The van der Waals surface area contributed by atoms with Gasteiger partial charge in [-0.2, -0.15) is 0 Å². The van der Waals surface area contributed by atoms with Crippen molar-refractivity contribution in [3.63, 3.8) is 0 Å². The monoisotopic (exact) mass is 391 g/mol. The van der Waals surface area contributed by atoms with Gasteiger partial charge in [0.05, 0.1) is 11.7 Å². The molecule has 1 atom stereocenters. The molecule has 5 heteroatoms. The molecule has 0 saturated carbocycles. The van der Waals surface area contributed by atoms with Crippen molar-refractivity contribution in [2.75, 3.05) is 13.1 Å². The molecule has 1 fully saturated rings. The van der Waals surface area contributed by atoms with Crippen LogP contribution in [0.2, 0.25) is 0 Å². The Balaban J connectivity index is 1.64. The standard InChI is InChI=1S/C19H19BrFNO2/c20-17-7-6-15(21)12-16(17)19(24)22-10-8-14(9-11-22)18(23)13-4-2-1-3-5-13/h1-7,12,14,18,23H,8-11H2. The molecule has 126 valence electrons. The molecule has 1 aliphatic heterocycles. The number of hydrogen-bond acceptors (Lipinski definition) is 2. The maximum Gasteiger partial charge on any atom is 0.255 e. The molecule has 1 amide bonds. The van der Waals surface area contributed by atoms with Crippen LogP contribution in [0.15, 0.2) is 53.0 Å². The third-order valence-corrected chi connectivity index (χ3v) is 5.26. The van der Waals surface area contributed by atoms with E-state index < -0.39 is 11.9 Å². The van der Waals surface area contributed by atoms with E-state index in [9.17, 15) is 14.3 Å². The molecule has 0 bridgehead atoms. The maximum atomic E-state index is 13.4. The summed E-state index contributed by atoms with van der Waals surface area (Å²) in [6, 6.07) is 13.7. The minimum absolute atomic E-state index is 0.132. The minimum atomic E-state index is -0.510. The first-order valence-electron chi connectivity index (χ1n) is 8.03. The van der Waals surface area contributed by atoms with Gasteiger partial charge in [-0.05, 0) is 58.5 Å². The van der Waals surface area contributed by atoms with Crippen LogP contribution in [0, 0.1) is 11.7 Å². The topological polar surface area (TPSA) is 40.5 Å². The van der Waals surface area contributed by atoms with Gasteiger partial charge < -0.3 is 10.0 Å². The van der Waals surface area contributed by atoms with Gasteiger partial charge in [-0.15, -0.1) is 0 Å². The molecule has 1 unspecified atom stereocenters. The number of piperidine rings is 1. The summed E-state index contributed by atoms with van der Waals surface area (Å²) in [5.41, 5.74) is 1.26. The Hall–Kier alpha value is -1.72. The molecule has 3 nitrogen and oxygen atoms in total. The van der Waals surface area contributed by atoms with Crippen LogP contribution in [0.3, 0.4) is 0 Å². The van der Waals surface area contributed by atoms with Gasteiger partial charge >= 0.3 is 0 Å². The first-order valence-corrected chi connectivity index (χ1v) is 8.83. The predicted octanol–water partition coefficient (Wildman–Crippen LogP) is 4.17. The number of aliphatic hydroxyl groups is 1. The lowest BCUT2D eigenvalue weighted by atomic mass is 9.87. The molecule has 1 N–H and O–H groups in total. The van der Waals surface area contributed by atoms with E-state index >= 15 is 0 Å². The summed E-state index contributed by atoms with van der Waals surface area (Å²) in [7, 11) is 0. The zero-order chi connectivity index (χ0) is 17.1. The fraction of sp³-hybridized carbons (Fsp3) is 0.316. The van der Waals surface area contributed by atoms with E-state index in [1.54, 1.807) is 11.0 Å². The summed E-state index contributed by atoms with van der Waals surface area (Å²) < 4.78 is 14.0. The smallest absolute Gasteiger partial charge is 0.255 e. The number of likely N-dealkylation sites (tertiary alicyclic amines) is 1. The van der Waals surface area contributed by atoms with Crippen molar-refractivity contribution in [1.82, 2.24) is 4.90 Å². The molecule has 0 spiro atoms. The number of carbonyl (C=O) groups is 1. The summed E-state index contributed by atoms with van der Waals surface area (Å²) in [5.74, 6) is -0.461. The Labute approximate surface area is 149 Å². The molecule has 0 aromatic heterocycles. The number of amides is 1. The second-order valence-corrected chi connectivity index (χ2v) is 6.96. The number of carbonyl (C=O) groups excluding carboxylic acids is 1. The first kappa shape index (κ1) is 17.1. The van der Waals surface area contributed by atoms with E-state index in [1.807, 2.05) is 30.3 Å². The molecule has 24 heavy (non-hydrogen) atoms. The largest absolute Gasteiger partial charge is 0.388 e. The zero-order valence-electron chi connectivity index (χ0n) is 13.2. The molecule has 2 aromatic carbocycles. The van der Waals surface area contributed by atoms with Gasteiger partial charge in [0.1, 0.15) is 5.82 Å². The number of halogens is 2. The third kappa shape index (κ3) is 3.68. The predicted molar refractivity (Wildman–Crippen MR) is 94.1 cm³/mol. The van der Waals surface area contributed by atoms with Crippen LogP contribution >= 0.6 is 15.9 Å². The maximum absolute atomic E-state index is 13.4. The Morgan fingerprint density at radius 3 is 2.50 bits per heavy atom. The quantitative estimate of drug-likeness (QED) is 0.852. The Kier molecular flexibility index (Phi) is 5.31. The fourth-order valence-corrected chi connectivity index (χ4v) is 3.59. The van der Waals surface area contributed by atoms with E-state index in [0.717, 1.165) is 18.4 Å². The van der Waals surface area contributed by atoms with Gasteiger partial charge in [-0.25, -0.2) is 4.39 Å².